The second kappa shape index (κ2) is 5.79. The zero-order valence-electron chi connectivity index (χ0n) is 13.2. The van der Waals surface area contributed by atoms with E-state index in [0.29, 0.717) is 19.6 Å². The van der Waals surface area contributed by atoms with Crippen molar-refractivity contribution >= 4 is 36.7 Å². The Labute approximate surface area is 135 Å². The molecule has 2 heterocycles. The number of aromatic nitrogens is 1. The van der Waals surface area contributed by atoms with Crippen LogP contribution in [0, 0.1) is 13.8 Å². The second-order valence-electron chi connectivity index (χ2n) is 5.85. The average molecular weight is 339 g/mol. The van der Waals surface area contributed by atoms with Gasteiger partial charge in [0.1, 0.15) is 0 Å². The van der Waals surface area contributed by atoms with Gasteiger partial charge in [0, 0.05) is 26.2 Å². The molecule has 5 nitrogen and oxygen atoms in total. The fourth-order valence-electron chi connectivity index (χ4n) is 2.77. The Morgan fingerprint density at radius 2 is 1.91 bits per heavy atom. The van der Waals surface area contributed by atoms with Crippen LogP contribution >= 0.6 is 11.3 Å². The highest BCUT2D eigenvalue weighted by Gasteiger charge is 2.23. The van der Waals surface area contributed by atoms with E-state index in [0.717, 1.165) is 23.6 Å². The first-order valence-electron chi connectivity index (χ1n) is 7.43. The molecule has 0 saturated carbocycles. The van der Waals surface area contributed by atoms with Gasteiger partial charge in [-0.15, -0.1) is 0 Å². The van der Waals surface area contributed by atoms with E-state index in [2.05, 4.69) is 30.9 Å². The van der Waals surface area contributed by atoms with E-state index < -0.39 is 10.0 Å². The molecule has 0 bridgehead atoms. The fourth-order valence-corrected chi connectivity index (χ4v) is 4.72. The monoisotopic (exact) mass is 339 g/mol. The van der Waals surface area contributed by atoms with Gasteiger partial charge in [-0.05, 0) is 37.5 Å². The number of fused-ring (bicyclic) bond motifs is 1. The van der Waals surface area contributed by atoms with Crippen molar-refractivity contribution in [2.45, 2.75) is 20.3 Å². The van der Waals surface area contributed by atoms with Crippen molar-refractivity contribution in [3.05, 3.63) is 23.3 Å². The lowest BCUT2D eigenvalue weighted by molar-refractivity contribution is 0.437. The molecule has 1 aliphatic rings. The molecule has 3 rings (SSSR count). The molecular formula is C15H21N3O2S2. The van der Waals surface area contributed by atoms with Gasteiger partial charge in [0.25, 0.3) is 0 Å². The van der Waals surface area contributed by atoms with Crippen LogP contribution in [0.4, 0.5) is 5.13 Å². The van der Waals surface area contributed by atoms with E-state index in [1.54, 1.807) is 15.6 Å². The first-order valence-corrected chi connectivity index (χ1v) is 10.1. The van der Waals surface area contributed by atoms with Crippen molar-refractivity contribution in [3.63, 3.8) is 0 Å². The van der Waals surface area contributed by atoms with E-state index >= 15 is 0 Å². The number of hydrogen-bond donors (Lipinski definition) is 0. The maximum Gasteiger partial charge on any atom is 0.211 e. The molecule has 0 radical (unpaired) electrons. The van der Waals surface area contributed by atoms with Crippen LogP contribution in [0.15, 0.2) is 12.1 Å². The zero-order chi connectivity index (χ0) is 15.9. The summed E-state index contributed by atoms with van der Waals surface area (Å²) in [6.07, 6.45) is 2.12. The normalized spacial score (nSPS) is 17.9. The lowest BCUT2D eigenvalue weighted by Crippen LogP contribution is -2.34. The summed E-state index contributed by atoms with van der Waals surface area (Å²) in [5.41, 5.74) is 3.56. The number of benzene rings is 1. The standard InChI is InChI=1S/C15H21N3O2S2/c1-11-5-6-13-14(12(11)2)16-15(21-13)17-7-4-8-18(10-9-17)22(3,19)20/h5-6H,4,7-10H2,1-3H3. The van der Waals surface area contributed by atoms with Crippen LogP contribution in [0.3, 0.4) is 0 Å². The lowest BCUT2D eigenvalue weighted by atomic mass is 10.1. The lowest BCUT2D eigenvalue weighted by Gasteiger charge is -2.19. The summed E-state index contributed by atoms with van der Waals surface area (Å²) in [6, 6.07) is 4.26. The van der Waals surface area contributed by atoms with Crippen LogP contribution in [-0.4, -0.2) is 50.1 Å². The van der Waals surface area contributed by atoms with Crippen molar-refractivity contribution in [3.8, 4) is 0 Å². The third kappa shape index (κ3) is 2.98. The minimum Gasteiger partial charge on any atom is -0.347 e. The molecule has 7 heteroatoms. The van der Waals surface area contributed by atoms with E-state index in [1.807, 2.05) is 0 Å². The Morgan fingerprint density at radius 3 is 2.64 bits per heavy atom. The molecule has 0 aliphatic carbocycles. The predicted molar refractivity (Wildman–Crippen MR) is 92.3 cm³/mol. The molecule has 0 unspecified atom stereocenters. The molecular weight excluding hydrogens is 318 g/mol. The Bertz CT molecular complexity index is 798. The highest BCUT2D eigenvalue weighted by Crippen LogP contribution is 2.32. The number of rotatable bonds is 2. The fraction of sp³-hybridized carbons (Fsp3) is 0.533. The second-order valence-corrected chi connectivity index (χ2v) is 8.84. The third-order valence-electron chi connectivity index (χ3n) is 4.27. The molecule has 120 valence electrons. The Balaban J connectivity index is 1.87. The Hall–Kier alpha value is -1.18. The van der Waals surface area contributed by atoms with E-state index in [9.17, 15) is 8.42 Å². The number of hydrogen-bond acceptors (Lipinski definition) is 5. The third-order valence-corrected chi connectivity index (χ3v) is 6.65. The number of thiazole rings is 1. The minimum absolute atomic E-state index is 0.534. The average Bonchev–Trinajstić information content (AvgIpc) is 2.71. The van der Waals surface area contributed by atoms with E-state index in [1.165, 1.54) is 22.1 Å². The smallest absolute Gasteiger partial charge is 0.211 e. The molecule has 1 aromatic heterocycles. The quantitative estimate of drug-likeness (QED) is 0.843. The van der Waals surface area contributed by atoms with E-state index in [4.69, 9.17) is 4.98 Å². The molecule has 1 saturated heterocycles. The molecule has 1 fully saturated rings. The number of anilines is 1. The SMILES string of the molecule is Cc1ccc2sc(N3CCCN(S(C)(=O)=O)CC3)nc2c1C. The molecule has 0 atom stereocenters. The summed E-state index contributed by atoms with van der Waals surface area (Å²) < 4.78 is 26.2. The van der Waals surface area contributed by atoms with Crippen molar-refractivity contribution in [1.82, 2.24) is 9.29 Å². The molecule has 0 N–H and O–H groups in total. The summed E-state index contributed by atoms with van der Waals surface area (Å²) in [4.78, 5) is 7.02. The topological polar surface area (TPSA) is 53.5 Å². The molecule has 1 aromatic carbocycles. The first kappa shape index (κ1) is 15.7. The summed E-state index contributed by atoms with van der Waals surface area (Å²) >= 11 is 1.69. The molecule has 1 aliphatic heterocycles. The Kier molecular flexibility index (Phi) is 4.13. The van der Waals surface area contributed by atoms with Crippen LogP contribution in [0.2, 0.25) is 0 Å². The van der Waals surface area contributed by atoms with Gasteiger partial charge in [0.2, 0.25) is 10.0 Å². The largest absolute Gasteiger partial charge is 0.347 e. The molecule has 2 aromatic rings. The van der Waals surface area contributed by atoms with Crippen LogP contribution < -0.4 is 4.90 Å². The van der Waals surface area contributed by atoms with Gasteiger partial charge in [0.05, 0.1) is 16.5 Å². The van der Waals surface area contributed by atoms with Crippen LogP contribution in [0.25, 0.3) is 10.2 Å². The number of nitrogens with zero attached hydrogens (tertiary/aromatic N) is 3. The van der Waals surface area contributed by atoms with Gasteiger partial charge in [0.15, 0.2) is 5.13 Å². The number of sulfonamides is 1. The summed E-state index contributed by atoms with van der Waals surface area (Å²) in [5.74, 6) is 0. The van der Waals surface area contributed by atoms with Crippen molar-refractivity contribution in [1.29, 1.82) is 0 Å². The molecule has 0 spiro atoms. The summed E-state index contributed by atoms with van der Waals surface area (Å²) in [7, 11) is -3.10. The highest BCUT2D eigenvalue weighted by atomic mass is 32.2. The maximum atomic E-state index is 11.7. The summed E-state index contributed by atoms with van der Waals surface area (Å²) in [6.45, 7) is 6.89. The highest BCUT2D eigenvalue weighted by molar-refractivity contribution is 7.88. The summed E-state index contributed by atoms with van der Waals surface area (Å²) in [5, 5.41) is 0.999. The van der Waals surface area contributed by atoms with Crippen LogP contribution in [0.1, 0.15) is 17.5 Å². The molecule has 0 amide bonds. The van der Waals surface area contributed by atoms with Crippen LogP contribution in [0.5, 0.6) is 0 Å². The van der Waals surface area contributed by atoms with Gasteiger partial charge in [-0.25, -0.2) is 17.7 Å². The number of aryl methyl sites for hydroxylation is 2. The maximum absolute atomic E-state index is 11.7. The first-order chi connectivity index (χ1) is 10.4. The van der Waals surface area contributed by atoms with E-state index in [-0.39, 0.29) is 0 Å². The minimum atomic E-state index is -3.10. The van der Waals surface area contributed by atoms with Gasteiger partial charge in [-0.1, -0.05) is 17.4 Å². The van der Waals surface area contributed by atoms with Crippen molar-refractivity contribution in [2.24, 2.45) is 0 Å². The van der Waals surface area contributed by atoms with Gasteiger partial charge in [-0.3, -0.25) is 0 Å². The van der Waals surface area contributed by atoms with Crippen molar-refractivity contribution in [2.75, 3.05) is 37.3 Å². The van der Waals surface area contributed by atoms with Gasteiger partial charge >= 0.3 is 0 Å². The molecule has 22 heavy (non-hydrogen) atoms. The zero-order valence-corrected chi connectivity index (χ0v) is 14.8. The van der Waals surface area contributed by atoms with Gasteiger partial charge < -0.3 is 4.90 Å². The van der Waals surface area contributed by atoms with Gasteiger partial charge in [-0.2, -0.15) is 0 Å². The predicted octanol–water partition coefficient (Wildman–Crippen LogP) is 2.38. The van der Waals surface area contributed by atoms with Crippen LogP contribution in [-0.2, 0) is 10.0 Å². The Morgan fingerprint density at radius 1 is 1.14 bits per heavy atom. The van der Waals surface area contributed by atoms with Crippen molar-refractivity contribution < 1.29 is 8.42 Å².